The maximum absolute atomic E-state index is 13.7. The van der Waals surface area contributed by atoms with Crippen LogP contribution in [-0.2, 0) is 19.1 Å². The average Bonchev–Trinajstić information content (AvgIpc) is 2.99. The summed E-state index contributed by atoms with van der Waals surface area (Å²) in [6.07, 6.45) is 10.7. The molecule has 0 saturated carbocycles. The molecule has 5 N–H and O–H groups in total. The number of hydrogen-bond donors (Lipinski definition) is 5. The highest BCUT2D eigenvalue weighted by molar-refractivity contribution is 6.00. The average molecular weight is 603 g/mol. The first-order valence-corrected chi connectivity index (χ1v) is 16.7. The Morgan fingerprint density at radius 1 is 0.595 bits per heavy atom. The molecule has 0 spiro atoms. The predicted octanol–water partition coefficient (Wildman–Crippen LogP) is 5.10. The van der Waals surface area contributed by atoms with Gasteiger partial charge in [0.15, 0.2) is 23.3 Å². The van der Waals surface area contributed by atoms with Gasteiger partial charge in [-0.15, -0.1) is 0 Å². The minimum absolute atomic E-state index is 0.0638. The second-order valence-electron chi connectivity index (χ2n) is 11.8. The lowest BCUT2D eigenvalue weighted by Crippen LogP contribution is -2.73. The van der Waals surface area contributed by atoms with Crippen LogP contribution in [-0.4, -0.2) is 79.7 Å². The summed E-state index contributed by atoms with van der Waals surface area (Å²) < 4.78 is 5.40. The van der Waals surface area contributed by atoms with Crippen molar-refractivity contribution < 1.29 is 44.7 Å². The number of rotatable bonds is 29. The van der Waals surface area contributed by atoms with Gasteiger partial charge >= 0.3 is 5.97 Å². The summed E-state index contributed by atoms with van der Waals surface area (Å²) in [5.41, 5.74) is -6.18. The number of unbranched alkanes of at least 4 members (excludes halogenated alkanes) is 15. The lowest BCUT2D eigenvalue weighted by molar-refractivity contribution is -0.235. The Morgan fingerprint density at radius 3 is 1.38 bits per heavy atom. The molecule has 0 aromatic rings. The van der Waals surface area contributed by atoms with Crippen LogP contribution in [0.5, 0.6) is 0 Å². The molecule has 9 nitrogen and oxygen atoms in total. The fourth-order valence-corrected chi connectivity index (χ4v) is 5.36. The largest absolute Gasteiger partial charge is 0.456 e. The number of aliphatic hydroxyl groups is 5. The molecule has 0 saturated heterocycles. The van der Waals surface area contributed by atoms with E-state index in [1.807, 2.05) is 0 Å². The molecule has 4 atom stereocenters. The van der Waals surface area contributed by atoms with Gasteiger partial charge in [0.1, 0.15) is 6.10 Å². The molecule has 0 bridgehead atoms. The van der Waals surface area contributed by atoms with Gasteiger partial charge in [-0.1, -0.05) is 117 Å². The summed E-state index contributed by atoms with van der Waals surface area (Å²) in [7, 11) is 0. The van der Waals surface area contributed by atoms with E-state index in [2.05, 4.69) is 20.8 Å². The summed E-state index contributed by atoms with van der Waals surface area (Å²) >= 11 is 0. The van der Waals surface area contributed by atoms with Gasteiger partial charge in [0.25, 0.3) is 0 Å². The van der Waals surface area contributed by atoms with Crippen molar-refractivity contribution in [1.82, 2.24) is 0 Å². The highest BCUT2D eigenvalue weighted by atomic mass is 16.6. The molecule has 0 fully saturated rings. The summed E-state index contributed by atoms with van der Waals surface area (Å²) in [5, 5.41) is 54.3. The monoisotopic (exact) mass is 602 g/mol. The number of esters is 1. The van der Waals surface area contributed by atoms with Gasteiger partial charge in [0, 0.05) is 19.3 Å². The van der Waals surface area contributed by atoms with E-state index in [0.717, 1.165) is 83.5 Å². The molecular weight excluding hydrogens is 540 g/mol. The van der Waals surface area contributed by atoms with Crippen molar-refractivity contribution in [3.8, 4) is 0 Å². The van der Waals surface area contributed by atoms with Crippen molar-refractivity contribution in [2.45, 2.75) is 179 Å². The van der Waals surface area contributed by atoms with E-state index in [4.69, 9.17) is 4.74 Å². The molecule has 0 aliphatic heterocycles. The molecule has 0 radical (unpaired) electrons. The molecule has 0 aliphatic carbocycles. The van der Waals surface area contributed by atoms with Crippen LogP contribution >= 0.6 is 0 Å². The minimum Gasteiger partial charge on any atom is -0.456 e. The molecule has 248 valence electrons. The number of ketones is 2. The third kappa shape index (κ3) is 13.9. The number of Topliss-reactive ketones (excluding diaryl/α,β-unsaturated/α-hetero) is 2. The number of ether oxygens (including phenoxy) is 1. The van der Waals surface area contributed by atoms with E-state index < -0.39 is 54.2 Å². The normalized spacial score (nSPS) is 15.9. The zero-order chi connectivity index (χ0) is 31.9. The van der Waals surface area contributed by atoms with E-state index in [1.54, 1.807) is 0 Å². The van der Waals surface area contributed by atoms with E-state index in [9.17, 15) is 39.9 Å². The smallest absolute Gasteiger partial charge is 0.306 e. The second kappa shape index (κ2) is 24.0. The maximum atomic E-state index is 13.7. The molecular formula is C33H62O9. The molecule has 0 rings (SSSR count). The topological polar surface area (TPSA) is 162 Å². The lowest BCUT2D eigenvalue weighted by atomic mass is 9.70. The van der Waals surface area contributed by atoms with Crippen LogP contribution < -0.4 is 0 Å². The van der Waals surface area contributed by atoms with Gasteiger partial charge in [-0.2, -0.15) is 0 Å². The Balaban J connectivity index is 5.98. The Labute approximate surface area is 254 Å². The van der Waals surface area contributed by atoms with Crippen molar-refractivity contribution in [3.05, 3.63) is 0 Å². The van der Waals surface area contributed by atoms with Gasteiger partial charge in [0.2, 0.25) is 5.60 Å². The zero-order valence-corrected chi connectivity index (χ0v) is 26.8. The quantitative estimate of drug-likeness (QED) is 0.0579. The Kier molecular flexibility index (Phi) is 23.2. The molecule has 0 aromatic carbocycles. The standard InChI is InChI=1S/C33H62O9/c1-4-7-10-13-16-19-22-28(37)32(40,26-35)33(41,29(38)23-20-17-14-11-8-5-2)31(27(36)25-34)42-30(39)24-21-18-15-12-9-6-3/h27,31,34-36,40-41H,4-26H2,1-3H3/t27-,31-,32-,33+/m1/s1. The molecule has 0 aromatic heterocycles. The fourth-order valence-electron chi connectivity index (χ4n) is 5.36. The highest BCUT2D eigenvalue weighted by Crippen LogP contribution is 2.35. The SMILES string of the molecule is CCCCCCCCC(=O)O[C@H]([C@H](O)CO)[C@@](O)(C(=O)CCCCCCCC)[C@@](O)(CO)C(=O)CCCCCCCC. The van der Waals surface area contributed by atoms with E-state index in [-0.39, 0.29) is 19.3 Å². The molecule has 0 aliphatic rings. The number of carbonyl (C=O) groups excluding carboxylic acids is 3. The van der Waals surface area contributed by atoms with Crippen molar-refractivity contribution in [2.24, 2.45) is 0 Å². The van der Waals surface area contributed by atoms with E-state index in [0.29, 0.717) is 32.1 Å². The second-order valence-corrected chi connectivity index (χ2v) is 11.8. The lowest BCUT2D eigenvalue weighted by Gasteiger charge is -2.45. The Hall–Kier alpha value is -1.39. The van der Waals surface area contributed by atoms with Crippen molar-refractivity contribution in [1.29, 1.82) is 0 Å². The van der Waals surface area contributed by atoms with Gasteiger partial charge in [0.05, 0.1) is 13.2 Å². The van der Waals surface area contributed by atoms with Crippen LogP contribution in [0.2, 0.25) is 0 Å². The third-order valence-corrected chi connectivity index (χ3v) is 8.20. The van der Waals surface area contributed by atoms with Gasteiger partial charge in [-0.05, 0) is 19.3 Å². The molecule has 9 heteroatoms. The number of carbonyl (C=O) groups is 3. The fraction of sp³-hybridized carbons (Fsp3) is 0.909. The van der Waals surface area contributed by atoms with Crippen LogP contribution in [0.3, 0.4) is 0 Å². The summed E-state index contributed by atoms with van der Waals surface area (Å²) in [6, 6.07) is 0. The zero-order valence-electron chi connectivity index (χ0n) is 26.8. The molecule has 0 heterocycles. The highest BCUT2D eigenvalue weighted by Gasteiger charge is 2.65. The maximum Gasteiger partial charge on any atom is 0.306 e. The minimum atomic E-state index is -3.15. The third-order valence-electron chi connectivity index (χ3n) is 8.20. The van der Waals surface area contributed by atoms with Gasteiger partial charge in [-0.25, -0.2) is 0 Å². The van der Waals surface area contributed by atoms with Crippen LogP contribution in [0.4, 0.5) is 0 Å². The van der Waals surface area contributed by atoms with Crippen LogP contribution in [0.25, 0.3) is 0 Å². The summed E-state index contributed by atoms with van der Waals surface area (Å²) in [6.45, 7) is 3.96. The number of aliphatic hydroxyl groups excluding tert-OH is 3. The van der Waals surface area contributed by atoms with Crippen molar-refractivity contribution >= 4 is 17.5 Å². The molecule has 42 heavy (non-hydrogen) atoms. The number of hydrogen-bond acceptors (Lipinski definition) is 9. The molecule has 0 unspecified atom stereocenters. The van der Waals surface area contributed by atoms with E-state index >= 15 is 0 Å². The van der Waals surface area contributed by atoms with E-state index in [1.165, 1.54) is 0 Å². The first-order valence-electron chi connectivity index (χ1n) is 16.7. The summed E-state index contributed by atoms with van der Waals surface area (Å²) in [4.78, 5) is 39.8. The van der Waals surface area contributed by atoms with Crippen molar-refractivity contribution in [3.63, 3.8) is 0 Å². The van der Waals surface area contributed by atoms with Gasteiger partial charge < -0.3 is 30.3 Å². The van der Waals surface area contributed by atoms with Gasteiger partial charge in [-0.3, -0.25) is 14.4 Å². The predicted molar refractivity (Wildman–Crippen MR) is 164 cm³/mol. The van der Waals surface area contributed by atoms with Crippen LogP contribution in [0.15, 0.2) is 0 Å². The molecule has 0 amide bonds. The first kappa shape index (κ1) is 40.6. The first-order chi connectivity index (χ1) is 20.1. The Bertz CT molecular complexity index is 728. The van der Waals surface area contributed by atoms with Crippen LogP contribution in [0, 0.1) is 0 Å². The van der Waals surface area contributed by atoms with Crippen LogP contribution in [0.1, 0.15) is 156 Å². The summed E-state index contributed by atoms with van der Waals surface area (Å²) in [5.74, 6) is -2.82. The van der Waals surface area contributed by atoms with Crippen molar-refractivity contribution in [2.75, 3.05) is 13.2 Å². The Morgan fingerprint density at radius 2 is 0.976 bits per heavy atom.